The van der Waals surface area contributed by atoms with Crippen molar-refractivity contribution in [2.75, 3.05) is 36.4 Å². The van der Waals surface area contributed by atoms with Crippen molar-refractivity contribution in [3.05, 3.63) is 71.5 Å². The molecule has 0 aliphatic carbocycles. The van der Waals surface area contributed by atoms with Gasteiger partial charge in [-0.05, 0) is 49.1 Å². The van der Waals surface area contributed by atoms with Crippen LogP contribution in [0, 0.1) is 13.8 Å². The SMILES string of the molecule is Cc1nn(-c2ccccc2)c(C)c1N1CCN(C(=O)Nc2ccc(C(C)(C)C)cc2)CC1. The Balaban J connectivity index is 1.39. The Kier molecular flexibility index (Phi) is 5.96. The molecule has 2 aromatic carbocycles. The van der Waals surface area contributed by atoms with E-state index < -0.39 is 0 Å². The molecular weight excluding hydrogens is 398 g/mol. The van der Waals surface area contributed by atoms with Crippen LogP contribution >= 0.6 is 0 Å². The van der Waals surface area contributed by atoms with Gasteiger partial charge >= 0.3 is 6.03 Å². The molecule has 1 fully saturated rings. The van der Waals surface area contributed by atoms with E-state index in [0.29, 0.717) is 13.1 Å². The minimum atomic E-state index is -0.0402. The number of aryl methyl sites for hydroxylation is 1. The van der Waals surface area contributed by atoms with Crippen LogP contribution in [0.5, 0.6) is 0 Å². The number of carbonyl (C=O) groups is 1. The molecule has 0 spiro atoms. The van der Waals surface area contributed by atoms with Gasteiger partial charge in [0.25, 0.3) is 0 Å². The average molecular weight is 432 g/mol. The molecule has 6 heteroatoms. The van der Waals surface area contributed by atoms with E-state index in [4.69, 9.17) is 5.10 Å². The molecule has 1 aliphatic rings. The standard InChI is InChI=1S/C26H33N5O/c1-19-24(20(2)31(28-19)23-9-7-6-8-10-23)29-15-17-30(18-16-29)25(32)27-22-13-11-21(12-14-22)26(3,4)5/h6-14H,15-18H2,1-5H3,(H,27,32). The van der Waals surface area contributed by atoms with Crippen molar-refractivity contribution in [1.29, 1.82) is 0 Å². The third-order valence-corrected chi connectivity index (χ3v) is 6.14. The average Bonchev–Trinajstić information content (AvgIpc) is 3.08. The summed E-state index contributed by atoms with van der Waals surface area (Å²) in [5, 5.41) is 7.82. The van der Waals surface area contributed by atoms with Crippen LogP contribution in [-0.2, 0) is 5.41 Å². The number of nitrogens with zero attached hydrogens (tertiary/aromatic N) is 4. The molecular formula is C26H33N5O. The van der Waals surface area contributed by atoms with E-state index in [1.807, 2.05) is 39.9 Å². The zero-order valence-electron chi connectivity index (χ0n) is 19.7. The normalized spacial score (nSPS) is 14.5. The Morgan fingerprint density at radius 3 is 2.12 bits per heavy atom. The van der Waals surface area contributed by atoms with Gasteiger partial charge < -0.3 is 15.1 Å². The molecule has 1 N–H and O–H groups in total. The lowest BCUT2D eigenvalue weighted by atomic mass is 9.87. The molecule has 1 aliphatic heterocycles. The highest BCUT2D eigenvalue weighted by Gasteiger charge is 2.25. The highest BCUT2D eigenvalue weighted by Crippen LogP contribution is 2.28. The van der Waals surface area contributed by atoms with E-state index in [9.17, 15) is 4.79 Å². The summed E-state index contributed by atoms with van der Waals surface area (Å²) >= 11 is 0. The highest BCUT2D eigenvalue weighted by atomic mass is 16.2. The van der Waals surface area contributed by atoms with Gasteiger partial charge in [-0.1, -0.05) is 51.1 Å². The highest BCUT2D eigenvalue weighted by molar-refractivity contribution is 5.89. The molecule has 2 heterocycles. The van der Waals surface area contributed by atoms with Crippen LogP contribution < -0.4 is 10.2 Å². The Labute approximate surface area is 190 Å². The molecule has 0 unspecified atom stereocenters. The number of para-hydroxylation sites is 1. The summed E-state index contributed by atoms with van der Waals surface area (Å²) in [5.74, 6) is 0. The van der Waals surface area contributed by atoms with E-state index >= 15 is 0 Å². The lowest BCUT2D eigenvalue weighted by Crippen LogP contribution is -2.50. The summed E-state index contributed by atoms with van der Waals surface area (Å²) < 4.78 is 2.00. The fraction of sp³-hybridized carbons (Fsp3) is 0.385. The van der Waals surface area contributed by atoms with Gasteiger partial charge in [0, 0.05) is 31.9 Å². The molecule has 1 aromatic heterocycles. The second-order valence-electron chi connectivity index (χ2n) is 9.50. The van der Waals surface area contributed by atoms with Crippen LogP contribution in [-0.4, -0.2) is 46.9 Å². The predicted molar refractivity (Wildman–Crippen MR) is 131 cm³/mol. The van der Waals surface area contributed by atoms with Gasteiger partial charge in [-0.3, -0.25) is 0 Å². The number of rotatable bonds is 3. The maximum absolute atomic E-state index is 12.8. The number of aromatic nitrogens is 2. The third kappa shape index (κ3) is 4.49. The van der Waals surface area contributed by atoms with Crippen molar-refractivity contribution in [3.8, 4) is 5.69 Å². The number of hydrogen-bond donors (Lipinski definition) is 1. The van der Waals surface area contributed by atoms with Crippen LogP contribution in [0.2, 0.25) is 0 Å². The number of carbonyl (C=O) groups excluding carboxylic acids is 1. The topological polar surface area (TPSA) is 53.4 Å². The number of benzene rings is 2. The van der Waals surface area contributed by atoms with Gasteiger partial charge in [-0.2, -0.15) is 5.10 Å². The van der Waals surface area contributed by atoms with Gasteiger partial charge in [0.15, 0.2) is 0 Å². The lowest BCUT2D eigenvalue weighted by molar-refractivity contribution is 0.208. The zero-order valence-corrected chi connectivity index (χ0v) is 19.7. The monoisotopic (exact) mass is 431 g/mol. The molecule has 1 saturated heterocycles. The molecule has 4 rings (SSSR count). The third-order valence-electron chi connectivity index (χ3n) is 6.14. The van der Waals surface area contributed by atoms with Gasteiger partial charge in [0.05, 0.1) is 22.8 Å². The number of nitrogens with one attached hydrogen (secondary N) is 1. The number of amides is 2. The molecule has 2 amide bonds. The summed E-state index contributed by atoms with van der Waals surface area (Å²) in [6.07, 6.45) is 0. The Morgan fingerprint density at radius 1 is 0.906 bits per heavy atom. The Hall–Kier alpha value is -3.28. The molecule has 168 valence electrons. The maximum atomic E-state index is 12.8. The number of anilines is 2. The molecule has 0 saturated carbocycles. The van der Waals surface area contributed by atoms with Crippen molar-refractivity contribution in [1.82, 2.24) is 14.7 Å². The van der Waals surface area contributed by atoms with Gasteiger partial charge in [-0.25, -0.2) is 9.48 Å². The lowest BCUT2D eigenvalue weighted by Gasteiger charge is -2.36. The van der Waals surface area contributed by atoms with Gasteiger partial charge in [-0.15, -0.1) is 0 Å². The Morgan fingerprint density at radius 2 is 1.53 bits per heavy atom. The van der Waals surface area contributed by atoms with Crippen molar-refractivity contribution >= 4 is 17.4 Å². The molecule has 3 aromatic rings. The Bertz CT molecular complexity index is 1070. The summed E-state index contributed by atoms with van der Waals surface area (Å²) in [6, 6.07) is 18.3. The van der Waals surface area contributed by atoms with Crippen LogP contribution in [0.1, 0.15) is 37.7 Å². The van der Waals surface area contributed by atoms with Crippen LogP contribution in [0.25, 0.3) is 5.69 Å². The second-order valence-corrected chi connectivity index (χ2v) is 9.50. The van der Waals surface area contributed by atoms with Crippen LogP contribution in [0.15, 0.2) is 54.6 Å². The first-order chi connectivity index (χ1) is 15.2. The first kappa shape index (κ1) is 21.9. The van der Waals surface area contributed by atoms with E-state index in [1.54, 1.807) is 0 Å². The summed E-state index contributed by atoms with van der Waals surface area (Å²) in [6.45, 7) is 13.7. The number of hydrogen-bond acceptors (Lipinski definition) is 3. The fourth-order valence-electron chi connectivity index (χ4n) is 4.30. The summed E-state index contributed by atoms with van der Waals surface area (Å²) in [7, 11) is 0. The zero-order chi connectivity index (χ0) is 22.9. The van der Waals surface area contributed by atoms with E-state index in [0.717, 1.165) is 35.9 Å². The predicted octanol–water partition coefficient (Wildman–Crippen LogP) is 5.14. The van der Waals surface area contributed by atoms with E-state index in [2.05, 4.69) is 69.1 Å². The summed E-state index contributed by atoms with van der Waals surface area (Å²) in [4.78, 5) is 17.0. The second kappa shape index (κ2) is 8.69. The van der Waals surface area contributed by atoms with Gasteiger partial charge in [0.1, 0.15) is 0 Å². The molecule has 6 nitrogen and oxygen atoms in total. The van der Waals surface area contributed by atoms with E-state index in [1.165, 1.54) is 11.3 Å². The first-order valence-corrected chi connectivity index (χ1v) is 11.3. The van der Waals surface area contributed by atoms with Crippen molar-refractivity contribution in [3.63, 3.8) is 0 Å². The smallest absolute Gasteiger partial charge is 0.321 e. The van der Waals surface area contributed by atoms with Gasteiger partial charge in [0.2, 0.25) is 0 Å². The number of piperazine rings is 1. The largest absolute Gasteiger partial charge is 0.365 e. The molecule has 0 bridgehead atoms. The minimum absolute atomic E-state index is 0.0402. The van der Waals surface area contributed by atoms with Crippen molar-refractivity contribution < 1.29 is 4.79 Å². The quantitative estimate of drug-likeness (QED) is 0.625. The maximum Gasteiger partial charge on any atom is 0.321 e. The van der Waals surface area contributed by atoms with Crippen LogP contribution in [0.4, 0.5) is 16.2 Å². The van der Waals surface area contributed by atoms with E-state index in [-0.39, 0.29) is 11.4 Å². The van der Waals surface area contributed by atoms with Crippen LogP contribution in [0.3, 0.4) is 0 Å². The fourth-order valence-corrected chi connectivity index (χ4v) is 4.30. The molecule has 0 atom stereocenters. The van der Waals surface area contributed by atoms with Crippen molar-refractivity contribution in [2.45, 2.75) is 40.0 Å². The molecule has 0 radical (unpaired) electrons. The van der Waals surface area contributed by atoms with Crippen molar-refractivity contribution in [2.24, 2.45) is 0 Å². The summed E-state index contributed by atoms with van der Waals surface area (Å²) in [5.41, 5.74) is 6.58. The minimum Gasteiger partial charge on any atom is -0.365 e. The number of urea groups is 1. The first-order valence-electron chi connectivity index (χ1n) is 11.3. The molecule has 32 heavy (non-hydrogen) atoms.